The molecule has 1 aliphatic heterocycles. The van der Waals surface area contributed by atoms with Gasteiger partial charge < -0.3 is 4.74 Å². The summed E-state index contributed by atoms with van der Waals surface area (Å²) in [6, 6.07) is 9.81. The summed E-state index contributed by atoms with van der Waals surface area (Å²) in [7, 11) is 0. The van der Waals surface area contributed by atoms with E-state index in [0.29, 0.717) is 25.3 Å². The highest BCUT2D eigenvalue weighted by molar-refractivity contribution is 5.39. The summed E-state index contributed by atoms with van der Waals surface area (Å²) in [5.41, 5.74) is 3.10. The molecule has 1 N–H and O–H groups in total. The van der Waals surface area contributed by atoms with Gasteiger partial charge in [-0.3, -0.25) is 14.8 Å². The molecule has 0 spiro atoms. The highest BCUT2D eigenvalue weighted by atomic mass is 19.1. The maximum absolute atomic E-state index is 13.1. The van der Waals surface area contributed by atoms with Crippen molar-refractivity contribution in [2.45, 2.75) is 19.6 Å². The summed E-state index contributed by atoms with van der Waals surface area (Å²) in [4.78, 5) is 18.9. The number of benzene rings is 1. The molecule has 0 saturated carbocycles. The molecular formula is C18H19FN4O2. The van der Waals surface area contributed by atoms with E-state index in [2.05, 4.69) is 15.0 Å². The van der Waals surface area contributed by atoms with Crippen molar-refractivity contribution in [1.82, 2.24) is 19.5 Å². The number of aromatic nitrogens is 3. The molecule has 3 heterocycles. The molecule has 0 bridgehead atoms. The molecule has 1 aliphatic rings. The number of ether oxygens (including phenoxy) is 1. The highest BCUT2D eigenvalue weighted by Gasteiger charge is 2.22. The minimum absolute atomic E-state index is 0.103. The second-order valence-corrected chi connectivity index (χ2v) is 6.36. The van der Waals surface area contributed by atoms with Crippen LogP contribution in [0.3, 0.4) is 0 Å². The summed E-state index contributed by atoms with van der Waals surface area (Å²) in [5, 5.41) is 2.97. The zero-order valence-corrected chi connectivity index (χ0v) is 13.9. The minimum Gasteiger partial charge on any atom is -0.371 e. The number of fused-ring (bicyclic) bond motifs is 1. The number of morpholine rings is 1. The first kappa shape index (κ1) is 16.0. The van der Waals surface area contributed by atoms with Crippen LogP contribution in [0.15, 0.2) is 41.2 Å². The van der Waals surface area contributed by atoms with Gasteiger partial charge in [0.05, 0.1) is 18.4 Å². The molecule has 0 aliphatic carbocycles. The summed E-state index contributed by atoms with van der Waals surface area (Å²) in [6.45, 7) is 4.51. The van der Waals surface area contributed by atoms with Crippen molar-refractivity contribution in [1.29, 1.82) is 0 Å². The van der Waals surface area contributed by atoms with Crippen LogP contribution in [0.4, 0.5) is 4.39 Å². The molecule has 0 amide bonds. The second-order valence-electron chi connectivity index (χ2n) is 6.36. The third-order valence-corrected chi connectivity index (χ3v) is 4.41. The Labute approximate surface area is 143 Å². The van der Waals surface area contributed by atoms with Gasteiger partial charge in [-0.05, 0) is 24.6 Å². The minimum atomic E-state index is -0.254. The van der Waals surface area contributed by atoms with Crippen molar-refractivity contribution >= 4 is 5.65 Å². The second kappa shape index (κ2) is 6.42. The molecule has 25 heavy (non-hydrogen) atoms. The number of nitrogens with zero attached hydrogens (tertiary/aromatic N) is 3. The fourth-order valence-corrected chi connectivity index (χ4v) is 3.20. The summed E-state index contributed by atoms with van der Waals surface area (Å²) < 4.78 is 20.3. The molecule has 1 fully saturated rings. The van der Waals surface area contributed by atoms with E-state index in [4.69, 9.17) is 4.74 Å². The van der Waals surface area contributed by atoms with Gasteiger partial charge in [0, 0.05) is 37.5 Å². The fraction of sp³-hybridized carbons (Fsp3) is 0.333. The van der Waals surface area contributed by atoms with E-state index in [-0.39, 0.29) is 17.5 Å². The maximum Gasteiger partial charge on any atom is 0.272 e. The molecular weight excluding hydrogens is 323 g/mol. The number of aryl methyl sites for hydroxylation is 1. The fourth-order valence-electron chi connectivity index (χ4n) is 3.20. The van der Waals surface area contributed by atoms with Gasteiger partial charge in [-0.25, -0.2) is 13.9 Å². The van der Waals surface area contributed by atoms with Crippen LogP contribution in [-0.4, -0.2) is 39.2 Å². The van der Waals surface area contributed by atoms with E-state index in [1.807, 2.05) is 13.0 Å². The average molecular weight is 342 g/mol. The number of H-pyrrole nitrogens is 1. The molecule has 7 heteroatoms. The zero-order valence-electron chi connectivity index (χ0n) is 13.9. The molecule has 1 atom stereocenters. The third-order valence-electron chi connectivity index (χ3n) is 4.41. The number of aromatic amines is 1. The SMILES string of the molecule is Cc1cc2nc(CN3CCOC(c4ccc(F)cc4)C3)cc(=O)n2[nH]1. The van der Waals surface area contributed by atoms with Crippen LogP contribution < -0.4 is 5.56 Å². The molecule has 4 rings (SSSR count). The summed E-state index contributed by atoms with van der Waals surface area (Å²) in [5.74, 6) is -0.254. The molecule has 6 nitrogen and oxygen atoms in total. The lowest BCUT2D eigenvalue weighted by Gasteiger charge is -2.32. The van der Waals surface area contributed by atoms with Crippen LogP contribution >= 0.6 is 0 Å². The quantitative estimate of drug-likeness (QED) is 0.791. The van der Waals surface area contributed by atoms with Crippen molar-refractivity contribution in [3.05, 3.63) is 69.5 Å². The van der Waals surface area contributed by atoms with Crippen LogP contribution in [0.2, 0.25) is 0 Å². The van der Waals surface area contributed by atoms with Gasteiger partial charge in [-0.1, -0.05) is 12.1 Å². The third kappa shape index (κ3) is 3.33. The monoisotopic (exact) mass is 342 g/mol. The standard InChI is InChI=1S/C18H19FN4O2/c1-12-8-17-20-15(9-18(24)23(17)21-12)10-22-6-7-25-16(11-22)13-2-4-14(19)5-3-13/h2-5,8-9,16,21H,6-7,10-11H2,1H3. The molecule has 1 aromatic carbocycles. The Bertz CT molecular complexity index is 948. The molecule has 1 saturated heterocycles. The smallest absolute Gasteiger partial charge is 0.272 e. The number of nitrogens with one attached hydrogen (secondary N) is 1. The van der Waals surface area contributed by atoms with Gasteiger partial charge in [0.1, 0.15) is 5.82 Å². The van der Waals surface area contributed by atoms with Gasteiger partial charge in [0.25, 0.3) is 5.56 Å². The van der Waals surface area contributed by atoms with E-state index in [1.165, 1.54) is 16.6 Å². The van der Waals surface area contributed by atoms with Crippen molar-refractivity contribution in [2.75, 3.05) is 19.7 Å². The number of hydrogen-bond acceptors (Lipinski definition) is 4. The Balaban J connectivity index is 1.52. The van der Waals surface area contributed by atoms with Gasteiger partial charge in [0.15, 0.2) is 5.65 Å². The molecule has 0 radical (unpaired) electrons. The van der Waals surface area contributed by atoms with Crippen LogP contribution in [0, 0.1) is 12.7 Å². The Hall–Kier alpha value is -2.51. The van der Waals surface area contributed by atoms with Crippen molar-refractivity contribution < 1.29 is 9.13 Å². The topological polar surface area (TPSA) is 62.6 Å². The Kier molecular flexibility index (Phi) is 4.10. The lowest BCUT2D eigenvalue weighted by molar-refractivity contribution is -0.0333. The van der Waals surface area contributed by atoms with Crippen molar-refractivity contribution in [3.8, 4) is 0 Å². The molecule has 1 unspecified atom stereocenters. The van der Waals surface area contributed by atoms with Crippen LogP contribution in [0.1, 0.15) is 23.1 Å². The van der Waals surface area contributed by atoms with E-state index in [9.17, 15) is 9.18 Å². The predicted octanol–water partition coefficient (Wildman–Crippen LogP) is 2.04. The molecule has 130 valence electrons. The van der Waals surface area contributed by atoms with Crippen LogP contribution in [-0.2, 0) is 11.3 Å². The van der Waals surface area contributed by atoms with Crippen molar-refractivity contribution in [2.24, 2.45) is 0 Å². The first-order valence-electron chi connectivity index (χ1n) is 8.26. The van der Waals surface area contributed by atoms with Gasteiger partial charge >= 0.3 is 0 Å². The largest absolute Gasteiger partial charge is 0.371 e. The Morgan fingerprint density at radius 3 is 2.92 bits per heavy atom. The maximum atomic E-state index is 13.1. The van der Waals surface area contributed by atoms with Gasteiger partial charge in [-0.15, -0.1) is 0 Å². The van der Waals surface area contributed by atoms with E-state index in [1.54, 1.807) is 18.2 Å². The van der Waals surface area contributed by atoms with Gasteiger partial charge in [0.2, 0.25) is 0 Å². The first-order valence-corrected chi connectivity index (χ1v) is 8.26. The summed E-state index contributed by atoms with van der Waals surface area (Å²) in [6.07, 6.45) is -0.103. The van der Waals surface area contributed by atoms with Gasteiger partial charge in [-0.2, -0.15) is 0 Å². The Morgan fingerprint density at radius 2 is 2.12 bits per heavy atom. The average Bonchev–Trinajstić information content (AvgIpc) is 2.97. The van der Waals surface area contributed by atoms with E-state index in [0.717, 1.165) is 23.5 Å². The highest BCUT2D eigenvalue weighted by Crippen LogP contribution is 2.23. The van der Waals surface area contributed by atoms with Crippen LogP contribution in [0.25, 0.3) is 5.65 Å². The molecule has 3 aromatic rings. The van der Waals surface area contributed by atoms with E-state index >= 15 is 0 Å². The predicted molar refractivity (Wildman–Crippen MR) is 90.9 cm³/mol. The zero-order chi connectivity index (χ0) is 17.4. The van der Waals surface area contributed by atoms with Crippen molar-refractivity contribution in [3.63, 3.8) is 0 Å². The number of rotatable bonds is 3. The summed E-state index contributed by atoms with van der Waals surface area (Å²) >= 11 is 0. The first-order chi connectivity index (χ1) is 12.1. The number of hydrogen-bond donors (Lipinski definition) is 1. The van der Waals surface area contributed by atoms with Crippen LogP contribution in [0.5, 0.6) is 0 Å². The normalized spacial score (nSPS) is 18.7. The molecule has 2 aromatic heterocycles. The van der Waals surface area contributed by atoms with E-state index < -0.39 is 0 Å². The Morgan fingerprint density at radius 1 is 1.32 bits per heavy atom. The lowest BCUT2D eigenvalue weighted by atomic mass is 10.1. The number of halogens is 1. The lowest BCUT2D eigenvalue weighted by Crippen LogP contribution is -2.38.